The summed E-state index contributed by atoms with van der Waals surface area (Å²) in [5.74, 6) is -0.0123. The monoisotopic (exact) mass is 585 g/mol. The number of carbonyl (C=O) groups is 1. The van der Waals surface area contributed by atoms with Crippen LogP contribution in [-0.4, -0.2) is 85.7 Å². The molecule has 4 heterocycles. The van der Waals surface area contributed by atoms with Gasteiger partial charge in [0.1, 0.15) is 17.0 Å². The number of likely N-dealkylation sites (tertiary alicyclic amines) is 1. The van der Waals surface area contributed by atoms with Crippen LogP contribution in [0, 0.1) is 0 Å². The molecule has 0 radical (unpaired) electrons. The van der Waals surface area contributed by atoms with Gasteiger partial charge in [-0.15, -0.1) is 0 Å². The number of aromatic nitrogens is 2. The molecule has 3 aliphatic rings. The van der Waals surface area contributed by atoms with E-state index in [1.54, 1.807) is 18.2 Å². The molecule has 1 aromatic carbocycles. The molecule has 6 rings (SSSR count). The first-order valence-electron chi connectivity index (χ1n) is 13.6. The van der Waals surface area contributed by atoms with Crippen molar-refractivity contribution in [1.29, 1.82) is 0 Å². The minimum absolute atomic E-state index is 0.0143. The normalized spacial score (nSPS) is 20.2. The van der Waals surface area contributed by atoms with Gasteiger partial charge in [-0.1, -0.05) is 28.6 Å². The van der Waals surface area contributed by atoms with Crippen LogP contribution in [-0.2, 0) is 24.2 Å². The van der Waals surface area contributed by atoms with E-state index in [0.717, 1.165) is 19.6 Å². The summed E-state index contributed by atoms with van der Waals surface area (Å²) in [7, 11) is -3.35. The van der Waals surface area contributed by atoms with Gasteiger partial charge in [0.2, 0.25) is 5.88 Å². The Morgan fingerprint density at radius 1 is 1.10 bits per heavy atom. The summed E-state index contributed by atoms with van der Waals surface area (Å²) in [6.45, 7) is 4.62. The molecule has 3 aromatic rings. The highest BCUT2D eigenvalue weighted by Gasteiger charge is 2.37. The maximum Gasteiger partial charge on any atom is 0.280 e. The van der Waals surface area contributed by atoms with Crippen LogP contribution in [0.2, 0.25) is 0 Å². The molecular formula is C27H31N5O6S2. The Morgan fingerprint density at radius 3 is 2.62 bits per heavy atom. The highest BCUT2D eigenvalue weighted by Crippen LogP contribution is 2.33. The Balaban J connectivity index is 1.17. The summed E-state index contributed by atoms with van der Waals surface area (Å²) in [6.07, 6.45) is 4.25. The largest absolute Gasteiger partial charge is 0.476 e. The van der Waals surface area contributed by atoms with Gasteiger partial charge in [-0.3, -0.25) is 15.0 Å². The van der Waals surface area contributed by atoms with E-state index in [1.807, 2.05) is 6.07 Å². The number of pyridine rings is 1. The Hall–Kier alpha value is -3.13. The predicted molar refractivity (Wildman–Crippen MR) is 151 cm³/mol. The van der Waals surface area contributed by atoms with Crippen molar-refractivity contribution in [3.05, 3.63) is 42.0 Å². The average Bonchev–Trinajstić information content (AvgIpc) is 3.30. The number of hydrogen-bond acceptors (Lipinski definition) is 11. The molecule has 40 heavy (non-hydrogen) atoms. The van der Waals surface area contributed by atoms with E-state index in [-0.39, 0.29) is 22.0 Å². The van der Waals surface area contributed by atoms with Crippen LogP contribution < -0.4 is 10.1 Å². The SMILES string of the molecule is O=C(Nc1nc2ccc(OCCN3CCCC3)nc2s1)/C(=N/OC1CCOC1)c1ccc(S(=O)(=O)C2CC2)cc1. The fraction of sp³-hybridized carbons (Fsp3) is 0.481. The zero-order chi connectivity index (χ0) is 27.5. The molecule has 1 amide bonds. The Kier molecular flexibility index (Phi) is 7.96. The van der Waals surface area contributed by atoms with Crippen molar-refractivity contribution in [3.63, 3.8) is 0 Å². The number of anilines is 1. The second kappa shape index (κ2) is 11.8. The molecule has 212 valence electrons. The zero-order valence-corrected chi connectivity index (χ0v) is 23.6. The van der Waals surface area contributed by atoms with Crippen LogP contribution in [0.15, 0.2) is 46.4 Å². The van der Waals surface area contributed by atoms with Gasteiger partial charge in [0.25, 0.3) is 5.91 Å². The fourth-order valence-corrected chi connectivity index (χ4v) is 7.18. The van der Waals surface area contributed by atoms with Crippen LogP contribution in [0.1, 0.15) is 37.7 Å². The highest BCUT2D eigenvalue weighted by atomic mass is 32.2. The molecule has 1 N–H and O–H groups in total. The highest BCUT2D eigenvalue weighted by molar-refractivity contribution is 7.92. The number of rotatable bonds is 11. The summed E-state index contributed by atoms with van der Waals surface area (Å²) < 4.78 is 36.4. The molecule has 11 nitrogen and oxygen atoms in total. The second-order valence-corrected chi connectivity index (χ2v) is 13.3. The van der Waals surface area contributed by atoms with E-state index in [2.05, 4.69) is 25.3 Å². The molecule has 13 heteroatoms. The lowest BCUT2D eigenvalue weighted by molar-refractivity contribution is -0.110. The number of sulfone groups is 1. The van der Waals surface area contributed by atoms with Crippen molar-refractivity contribution in [1.82, 2.24) is 14.9 Å². The standard InChI is InChI=1S/C27H31N5O6S2/c33-25(30-27-28-22-9-10-23(29-26(22)39-27)37-16-14-32-12-1-2-13-32)24(31-38-19-11-15-36-17-19)18-3-5-20(6-4-18)40(34,35)21-7-8-21/h3-6,9-10,19,21H,1-2,7-8,11-17H2,(H,28,30,33)/b31-24+. The second-order valence-electron chi connectivity index (χ2n) is 10.1. The third-order valence-electron chi connectivity index (χ3n) is 7.12. The van der Waals surface area contributed by atoms with E-state index >= 15 is 0 Å². The van der Waals surface area contributed by atoms with Crippen molar-refractivity contribution in [2.45, 2.75) is 48.4 Å². The number of nitrogens with one attached hydrogen (secondary N) is 1. The zero-order valence-electron chi connectivity index (χ0n) is 22.0. The number of thiazole rings is 1. The smallest absolute Gasteiger partial charge is 0.280 e. The third kappa shape index (κ3) is 6.27. The molecule has 0 spiro atoms. The van der Waals surface area contributed by atoms with Gasteiger partial charge in [0.05, 0.1) is 23.4 Å². The number of ether oxygens (including phenoxy) is 2. The lowest BCUT2D eigenvalue weighted by Crippen LogP contribution is -2.25. The van der Waals surface area contributed by atoms with E-state index in [0.29, 0.717) is 66.0 Å². The number of nitrogens with zero attached hydrogens (tertiary/aromatic N) is 4. The fourth-order valence-electron chi connectivity index (χ4n) is 4.70. The molecule has 1 atom stereocenters. The summed E-state index contributed by atoms with van der Waals surface area (Å²) in [4.78, 5) is 31.3. The first-order valence-corrected chi connectivity index (χ1v) is 15.9. The maximum absolute atomic E-state index is 13.4. The van der Waals surface area contributed by atoms with Crippen molar-refractivity contribution in [2.24, 2.45) is 5.16 Å². The van der Waals surface area contributed by atoms with Gasteiger partial charge in [0, 0.05) is 24.6 Å². The number of amides is 1. The summed E-state index contributed by atoms with van der Waals surface area (Å²) in [5.41, 5.74) is 1.08. The number of oxime groups is 1. The molecule has 0 bridgehead atoms. The third-order valence-corrected chi connectivity index (χ3v) is 10.3. The van der Waals surface area contributed by atoms with Crippen LogP contribution in [0.4, 0.5) is 5.13 Å². The molecule has 1 unspecified atom stereocenters. The molecule has 2 saturated heterocycles. The number of carbonyl (C=O) groups excluding carboxylic acids is 1. The van der Waals surface area contributed by atoms with E-state index < -0.39 is 15.7 Å². The Labute approximate surface area is 236 Å². The first-order chi connectivity index (χ1) is 19.5. The summed E-state index contributed by atoms with van der Waals surface area (Å²) in [6, 6.07) is 9.77. The van der Waals surface area contributed by atoms with Crippen molar-refractivity contribution < 1.29 is 27.5 Å². The van der Waals surface area contributed by atoms with Gasteiger partial charge in [-0.2, -0.15) is 0 Å². The summed E-state index contributed by atoms with van der Waals surface area (Å²) >= 11 is 1.23. The van der Waals surface area contributed by atoms with Gasteiger partial charge >= 0.3 is 0 Å². The van der Waals surface area contributed by atoms with Gasteiger partial charge in [0.15, 0.2) is 26.8 Å². The number of hydrogen-bond donors (Lipinski definition) is 1. The van der Waals surface area contributed by atoms with Gasteiger partial charge in [-0.05, 0) is 57.0 Å². The van der Waals surface area contributed by atoms with Crippen LogP contribution in [0.25, 0.3) is 10.3 Å². The number of fused-ring (bicyclic) bond motifs is 1. The average molecular weight is 586 g/mol. The minimum atomic E-state index is -3.35. The van der Waals surface area contributed by atoms with E-state index in [4.69, 9.17) is 14.3 Å². The first kappa shape index (κ1) is 27.1. The Bertz CT molecular complexity index is 1490. The maximum atomic E-state index is 13.4. The lowest BCUT2D eigenvalue weighted by atomic mass is 10.1. The van der Waals surface area contributed by atoms with E-state index in [9.17, 15) is 13.2 Å². The molecule has 1 saturated carbocycles. The van der Waals surface area contributed by atoms with E-state index in [1.165, 1.54) is 36.3 Å². The minimum Gasteiger partial charge on any atom is -0.476 e. The van der Waals surface area contributed by atoms with Crippen LogP contribution in [0.3, 0.4) is 0 Å². The van der Waals surface area contributed by atoms with Crippen molar-refractivity contribution >= 4 is 48.3 Å². The quantitative estimate of drug-likeness (QED) is 0.266. The molecule has 2 aliphatic heterocycles. The van der Waals surface area contributed by atoms with Crippen molar-refractivity contribution in [2.75, 3.05) is 44.8 Å². The van der Waals surface area contributed by atoms with Crippen molar-refractivity contribution in [3.8, 4) is 5.88 Å². The topological polar surface area (TPSA) is 132 Å². The van der Waals surface area contributed by atoms with Gasteiger partial charge < -0.3 is 14.3 Å². The van der Waals surface area contributed by atoms with Gasteiger partial charge in [-0.25, -0.2) is 18.4 Å². The molecule has 2 aromatic heterocycles. The summed E-state index contributed by atoms with van der Waals surface area (Å²) in [5, 5.41) is 6.99. The van der Waals surface area contributed by atoms with Crippen LogP contribution in [0.5, 0.6) is 5.88 Å². The predicted octanol–water partition coefficient (Wildman–Crippen LogP) is 3.25. The molecule has 1 aliphatic carbocycles. The van der Waals surface area contributed by atoms with Crippen LogP contribution >= 0.6 is 11.3 Å². The molecular weight excluding hydrogens is 554 g/mol. The molecule has 3 fully saturated rings. The number of benzene rings is 1. The Morgan fingerprint density at radius 2 is 1.90 bits per heavy atom. The lowest BCUT2D eigenvalue weighted by Gasteiger charge is -2.14.